The van der Waals surface area contributed by atoms with Crippen molar-refractivity contribution in [3.05, 3.63) is 38.0 Å². The molecule has 2 amide bonds. The minimum atomic E-state index is -0.318. The number of hydrogen-bond donors (Lipinski definition) is 1. The van der Waals surface area contributed by atoms with Crippen molar-refractivity contribution in [2.45, 2.75) is 57.4 Å². The molecule has 1 aliphatic carbocycles. The first-order valence-corrected chi connectivity index (χ1v) is 11.5. The van der Waals surface area contributed by atoms with Crippen molar-refractivity contribution in [2.24, 2.45) is 0 Å². The summed E-state index contributed by atoms with van der Waals surface area (Å²) in [6.07, 6.45) is 7.59. The van der Waals surface area contributed by atoms with Crippen molar-refractivity contribution in [3.8, 4) is 0 Å². The van der Waals surface area contributed by atoms with Crippen molar-refractivity contribution < 1.29 is 9.59 Å². The number of aromatic nitrogens is 1. The van der Waals surface area contributed by atoms with E-state index in [0.29, 0.717) is 19.5 Å². The average Bonchev–Trinajstić information content (AvgIpc) is 3.41. The Balaban J connectivity index is 1.28. The Labute approximate surface area is 167 Å². The number of carbonyl (C=O) groups excluding carboxylic acids is 2. The van der Waals surface area contributed by atoms with Crippen molar-refractivity contribution in [1.82, 2.24) is 15.2 Å². The first kappa shape index (κ1) is 18.6. The van der Waals surface area contributed by atoms with Crippen LogP contribution in [-0.4, -0.2) is 40.8 Å². The number of thiophene rings is 1. The summed E-state index contributed by atoms with van der Waals surface area (Å²) in [6, 6.07) is 3.61. The predicted octanol–water partition coefficient (Wildman–Crippen LogP) is 2.98. The molecular weight excluding hydrogens is 378 g/mol. The largest absolute Gasteiger partial charge is 0.354 e. The molecule has 5 nitrogen and oxygen atoms in total. The lowest BCUT2D eigenvalue weighted by molar-refractivity contribution is -0.137. The van der Waals surface area contributed by atoms with E-state index in [1.165, 1.54) is 23.4 Å². The molecule has 2 aromatic heterocycles. The summed E-state index contributed by atoms with van der Waals surface area (Å²) in [6.45, 7) is 1.27. The van der Waals surface area contributed by atoms with Gasteiger partial charge >= 0.3 is 0 Å². The number of rotatable bonds is 6. The van der Waals surface area contributed by atoms with Crippen LogP contribution >= 0.6 is 22.7 Å². The van der Waals surface area contributed by atoms with Gasteiger partial charge in [0.15, 0.2) is 0 Å². The SMILES string of the molecule is O=C(NCCc1nc2c(s1)CCCC2)C1CCCN1C(=O)Cc1cccs1. The third-order valence-electron chi connectivity index (χ3n) is 5.31. The normalized spacial score (nSPS) is 19.1. The van der Waals surface area contributed by atoms with Gasteiger partial charge in [0.05, 0.1) is 17.1 Å². The lowest BCUT2D eigenvalue weighted by Gasteiger charge is -2.23. The fourth-order valence-corrected chi connectivity index (χ4v) is 5.78. The summed E-state index contributed by atoms with van der Waals surface area (Å²) in [5.74, 6) is 0.0380. The highest BCUT2D eigenvalue weighted by Gasteiger charge is 2.33. The number of nitrogens with one attached hydrogen (secondary N) is 1. The monoisotopic (exact) mass is 403 g/mol. The van der Waals surface area contributed by atoms with Gasteiger partial charge in [0.25, 0.3) is 0 Å². The maximum Gasteiger partial charge on any atom is 0.242 e. The van der Waals surface area contributed by atoms with Crippen LogP contribution in [-0.2, 0) is 35.3 Å². The number of thiazole rings is 1. The van der Waals surface area contributed by atoms with E-state index < -0.39 is 0 Å². The van der Waals surface area contributed by atoms with Crippen LogP contribution in [0.4, 0.5) is 0 Å². The molecule has 1 fully saturated rings. The summed E-state index contributed by atoms with van der Waals surface area (Å²) >= 11 is 3.39. The fourth-order valence-electron chi connectivity index (χ4n) is 3.92. The van der Waals surface area contributed by atoms with Crippen LogP contribution in [0.1, 0.15) is 46.1 Å². The Morgan fingerprint density at radius 3 is 2.96 bits per heavy atom. The molecule has 2 aromatic rings. The van der Waals surface area contributed by atoms with Crippen LogP contribution in [0.15, 0.2) is 17.5 Å². The third-order valence-corrected chi connectivity index (χ3v) is 7.40. The van der Waals surface area contributed by atoms with Crippen molar-refractivity contribution in [1.29, 1.82) is 0 Å². The van der Waals surface area contributed by atoms with Gasteiger partial charge in [0, 0.05) is 29.3 Å². The molecule has 1 saturated heterocycles. The molecule has 1 unspecified atom stereocenters. The molecular formula is C20H25N3O2S2. The van der Waals surface area contributed by atoms with Crippen LogP contribution in [0.3, 0.4) is 0 Å². The highest BCUT2D eigenvalue weighted by atomic mass is 32.1. The molecule has 0 aromatic carbocycles. The number of hydrogen-bond acceptors (Lipinski definition) is 5. The molecule has 27 heavy (non-hydrogen) atoms. The molecule has 0 radical (unpaired) electrons. The van der Waals surface area contributed by atoms with Gasteiger partial charge in [-0.2, -0.15) is 0 Å². The number of aryl methyl sites for hydroxylation is 2. The number of carbonyl (C=O) groups is 2. The van der Waals surface area contributed by atoms with E-state index in [0.717, 1.165) is 42.0 Å². The lowest BCUT2D eigenvalue weighted by Crippen LogP contribution is -2.46. The minimum absolute atomic E-state index is 0.0200. The van der Waals surface area contributed by atoms with E-state index in [2.05, 4.69) is 5.32 Å². The van der Waals surface area contributed by atoms with Gasteiger partial charge in [-0.1, -0.05) is 6.07 Å². The maximum absolute atomic E-state index is 12.6. The zero-order valence-electron chi connectivity index (χ0n) is 15.4. The van der Waals surface area contributed by atoms with E-state index in [4.69, 9.17) is 4.98 Å². The van der Waals surface area contributed by atoms with E-state index in [1.54, 1.807) is 27.6 Å². The average molecular weight is 404 g/mol. The molecule has 3 heterocycles. The van der Waals surface area contributed by atoms with Gasteiger partial charge in [-0.3, -0.25) is 9.59 Å². The molecule has 2 aliphatic rings. The van der Waals surface area contributed by atoms with E-state index >= 15 is 0 Å². The van der Waals surface area contributed by atoms with E-state index in [9.17, 15) is 9.59 Å². The Morgan fingerprint density at radius 1 is 1.26 bits per heavy atom. The topological polar surface area (TPSA) is 62.3 Å². The van der Waals surface area contributed by atoms with Gasteiger partial charge in [0.2, 0.25) is 11.8 Å². The lowest BCUT2D eigenvalue weighted by atomic mass is 10.0. The molecule has 7 heteroatoms. The van der Waals surface area contributed by atoms with Crippen LogP contribution in [0.5, 0.6) is 0 Å². The van der Waals surface area contributed by atoms with Crippen molar-refractivity contribution in [3.63, 3.8) is 0 Å². The summed E-state index contributed by atoms with van der Waals surface area (Å²) in [4.78, 5) is 34.2. The molecule has 1 N–H and O–H groups in total. The van der Waals surface area contributed by atoms with Crippen LogP contribution in [0.25, 0.3) is 0 Å². The zero-order chi connectivity index (χ0) is 18.6. The second kappa shape index (κ2) is 8.52. The molecule has 0 spiro atoms. The maximum atomic E-state index is 12.6. The van der Waals surface area contributed by atoms with Crippen molar-refractivity contribution in [2.75, 3.05) is 13.1 Å². The summed E-state index contributed by atoms with van der Waals surface area (Å²) in [5.41, 5.74) is 1.27. The Morgan fingerprint density at radius 2 is 2.15 bits per heavy atom. The molecule has 1 atom stereocenters. The standard InChI is InChI=1S/C20H25N3O2S2/c24-19(13-14-5-4-12-26-14)23-11-3-7-16(23)20(25)21-10-9-18-22-15-6-1-2-8-17(15)27-18/h4-5,12,16H,1-3,6-11,13H2,(H,21,25). The van der Waals surface area contributed by atoms with Gasteiger partial charge in [-0.15, -0.1) is 22.7 Å². The van der Waals surface area contributed by atoms with Gasteiger partial charge < -0.3 is 10.2 Å². The number of nitrogens with zero attached hydrogens (tertiary/aromatic N) is 2. The quantitative estimate of drug-likeness (QED) is 0.807. The van der Waals surface area contributed by atoms with Crippen LogP contribution < -0.4 is 5.32 Å². The number of likely N-dealkylation sites (tertiary alicyclic amines) is 1. The van der Waals surface area contributed by atoms with Gasteiger partial charge in [0.1, 0.15) is 6.04 Å². The third kappa shape index (κ3) is 4.41. The summed E-state index contributed by atoms with van der Waals surface area (Å²) < 4.78 is 0. The fraction of sp³-hybridized carbons (Fsp3) is 0.550. The van der Waals surface area contributed by atoms with Gasteiger partial charge in [-0.05, 0) is 50.0 Å². The first-order chi connectivity index (χ1) is 13.2. The molecule has 0 bridgehead atoms. The molecule has 0 saturated carbocycles. The Hall–Kier alpha value is -1.73. The van der Waals surface area contributed by atoms with Crippen LogP contribution in [0, 0.1) is 0 Å². The molecule has 1 aliphatic heterocycles. The highest BCUT2D eigenvalue weighted by Crippen LogP contribution is 2.27. The first-order valence-electron chi connectivity index (χ1n) is 9.78. The highest BCUT2D eigenvalue weighted by molar-refractivity contribution is 7.11. The van der Waals surface area contributed by atoms with E-state index in [-0.39, 0.29) is 17.9 Å². The second-order valence-electron chi connectivity index (χ2n) is 7.23. The Bertz CT molecular complexity index is 777. The van der Waals surface area contributed by atoms with E-state index in [1.807, 2.05) is 17.5 Å². The van der Waals surface area contributed by atoms with Crippen molar-refractivity contribution >= 4 is 34.5 Å². The van der Waals surface area contributed by atoms with Crippen LogP contribution in [0.2, 0.25) is 0 Å². The predicted molar refractivity (Wildman–Crippen MR) is 108 cm³/mol. The number of fused-ring (bicyclic) bond motifs is 1. The second-order valence-corrected chi connectivity index (χ2v) is 9.43. The summed E-state index contributed by atoms with van der Waals surface area (Å²) in [7, 11) is 0. The minimum Gasteiger partial charge on any atom is -0.354 e. The number of amides is 2. The Kier molecular flexibility index (Phi) is 5.88. The van der Waals surface area contributed by atoms with Gasteiger partial charge in [-0.25, -0.2) is 4.98 Å². The smallest absolute Gasteiger partial charge is 0.242 e. The molecule has 144 valence electrons. The summed E-state index contributed by atoms with van der Waals surface area (Å²) in [5, 5.41) is 6.14. The zero-order valence-corrected chi connectivity index (χ0v) is 17.0. The molecule has 4 rings (SSSR count).